The zero-order valence-electron chi connectivity index (χ0n) is 18.6. The molecule has 0 spiro atoms. The molecule has 0 unspecified atom stereocenters. The molecule has 1 aliphatic rings. The number of fused-ring (bicyclic) bond motifs is 1. The second-order valence-corrected chi connectivity index (χ2v) is 8.17. The first kappa shape index (κ1) is 23.7. The Balaban J connectivity index is 1.85. The predicted molar refractivity (Wildman–Crippen MR) is 125 cm³/mol. The smallest absolute Gasteiger partial charge is 0.378 e. The molecule has 0 aliphatic carbocycles. The highest BCUT2D eigenvalue weighted by atomic mass is 19.4. The van der Waals surface area contributed by atoms with Crippen LogP contribution in [0.1, 0.15) is 5.56 Å². The van der Waals surface area contributed by atoms with Crippen molar-refractivity contribution in [1.29, 1.82) is 0 Å². The number of morpholine rings is 1. The van der Waals surface area contributed by atoms with Crippen LogP contribution in [0.15, 0.2) is 65.5 Å². The van der Waals surface area contributed by atoms with E-state index in [1.165, 1.54) is 41.0 Å². The average molecular weight is 502 g/mol. The van der Waals surface area contributed by atoms with E-state index < -0.39 is 34.2 Å². The van der Waals surface area contributed by atoms with Crippen molar-refractivity contribution in [3.63, 3.8) is 0 Å². The van der Waals surface area contributed by atoms with Gasteiger partial charge in [0.1, 0.15) is 23.3 Å². The van der Waals surface area contributed by atoms with Crippen molar-refractivity contribution in [2.24, 2.45) is 0 Å². The minimum Gasteiger partial charge on any atom is -0.378 e. The van der Waals surface area contributed by atoms with Crippen LogP contribution in [0.5, 0.6) is 0 Å². The van der Waals surface area contributed by atoms with Gasteiger partial charge in [-0.15, -0.1) is 0 Å². The number of rotatable bonds is 4. The number of ether oxygens (including phenoxy) is 1. The standard InChI is InChI=1S/C25H19F5N4O2/c26-15-3-1-5-17(11-15)31-22-14-20(35)23-19(25(28,29)30)13-21(33-7-9-36-10-8-33)32-24(23)34(22)18-6-2-4-16(27)12-18/h1-6,11-14,31H,7-10H2. The third-order valence-corrected chi connectivity index (χ3v) is 5.76. The molecule has 0 bridgehead atoms. The number of hydrogen-bond acceptors (Lipinski definition) is 5. The van der Waals surface area contributed by atoms with E-state index >= 15 is 0 Å². The maximum atomic E-state index is 14.2. The van der Waals surface area contributed by atoms with Crippen LogP contribution in [-0.2, 0) is 10.9 Å². The number of anilines is 3. The number of hydrogen-bond donors (Lipinski definition) is 1. The summed E-state index contributed by atoms with van der Waals surface area (Å²) in [6.45, 7) is 1.22. The van der Waals surface area contributed by atoms with E-state index in [4.69, 9.17) is 4.74 Å². The van der Waals surface area contributed by atoms with Gasteiger partial charge >= 0.3 is 6.18 Å². The molecule has 1 aliphatic heterocycles. The summed E-state index contributed by atoms with van der Waals surface area (Å²) in [5.74, 6) is -1.21. The summed E-state index contributed by atoms with van der Waals surface area (Å²) in [6.07, 6.45) is -4.86. The van der Waals surface area contributed by atoms with Crippen LogP contribution in [0.2, 0.25) is 0 Å². The lowest BCUT2D eigenvalue weighted by atomic mass is 10.1. The van der Waals surface area contributed by atoms with Crippen molar-refractivity contribution in [3.05, 3.63) is 88.1 Å². The van der Waals surface area contributed by atoms with Crippen molar-refractivity contribution < 1.29 is 26.7 Å². The van der Waals surface area contributed by atoms with Gasteiger partial charge in [0.25, 0.3) is 0 Å². The summed E-state index contributed by atoms with van der Waals surface area (Å²) >= 11 is 0. The fourth-order valence-electron chi connectivity index (χ4n) is 4.16. The quantitative estimate of drug-likeness (QED) is 0.386. The van der Waals surface area contributed by atoms with Crippen molar-refractivity contribution >= 4 is 28.4 Å². The molecule has 1 saturated heterocycles. The first-order chi connectivity index (χ1) is 17.2. The molecule has 186 valence electrons. The molecule has 2 aromatic carbocycles. The van der Waals surface area contributed by atoms with E-state index in [9.17, 15) is 26.7 Å². The number of benzene rings is 2. The van der Waals surface area contributed by atoms with Gasteiger partial charge < -0.3 is 15.0 Å². The van der Waals surface area contributed by atoms with Crippen LogP contribution in [0, 0.1) is 11.6 Å². The molecular weight excluding hydrogens is 483 g/mol. The first-order valence-electron chi connectivity index (χ1n) is 11.0. The number of halogens is 5. The van der Waals surface area contributed by atoms with Gasteiger partial charge in [0, 0.05) is 24.8 Å². The Labute approximate surface area is 201 Å². The normalized spacial score (nSPS) is 14.3. The zero-order chi connectivity index (χ0) is 25.4. The molecule has 0 amide bonds. The molecule has 6 nitrogen and oxygen atoms in total. The van der Waals surface area contributed by atoms with Gasteiger partial charge in [-0.25, -0.2) is 13.8 Å². The molecular formula is C25H19F5N4O2. The predicted octanol–water partition coefficient (Wildman–Crippen LogP) is 5.26. The van der Waals surface area contributed by atoms with Crippen LogP contribution >= 0.6 is 0 Å². The second kappa shape index (κ2) is 9.23. The van der Waals surface area contributed by atoms with Crippen LogP contribution in [-0.4, -0.2) is 35.9 Å². The number of alkyl halides is 3. The molecule has 1 fully saturated rings. The Hall–Kier alpha value is -3.99. The summed E-state index contributed by atoms with van der Waals surface area (Å²) in [4.78, 5) is 19.2. The first-order valence-corrected chi connectivity index (χ1v) is 11.0. The van der Waals surface area contributed by atoms with Crippen LogP contribution < -0.4 is 15.6 Å². The fourth-order valence-corrected chi connectivity index (χ4v) is 4.16. The molecule has 5 rings (SSSR count). The monoisotopic (exact) mass is 502 g/mol. The lowest BCUT2D eigenvalue weighted by molar-refractivity contribution is -0.136. The Morgan fingerprint density at radius 1 is 0.917 bits per heavy atom. The summed E-state index contributed by atoms with van der Waals surface area (Å²) in [6, 6.07) is 12.3. The number of aromatic nitrogens is 2. The van der Waals surface area contributed by atoms with Gasteiger partial charge in [-0.05, 0) is 42.5 Å². The van der Waals surface area contributed by atoms with E-state index in [-0.39, 0.29) is 28.7 Å². The van der Waals surface area contributed by atoms with E-state index in [0.29, 0.717) is 26.3 Å². The fraction of sp³-hybridized carbons (Fsp3) is 0.200. The highest BCUT2D eigenvalue weighted by Gasteiger charge is 2.36. The Kier molecular flexibility index (Phi) is 6.09. The van der Waals surface area contributed by atoms with Crippen molar-refractivity contribution in [2.75, 3.05) is 36.5 Å². The largest absolute Gasteiger partial charge is 0.417 e. The van der Waals surface area contributed by atoms with Gasteiger partial charge in [-0.1, -0.05) is 12.1 Å². The topological polar surface area (TPSA) is 59.4 Å². The highest BCUT2D eigenvalue weighted by molar-refractivity contribution is 5.86. The molecule has 4 aromatic rings. The molecule has 0 atom stereocenters. The van der Waals surface area contributed by atoms with Gasteiger partial charge in [0.2, 0.25) is 0 Å². The SMILES string of the molecule is O=c1cc(Nc2cccc(F)c2)n(-c2cccc(F)c2)c2nc(N3CCOCC3)cc(C(F)(F)F)c12. The summed E-state index contributed by atoms with van der Waals surface area (Å²) in [5.41, 5.74) is -2.05. The van der Waals surface area contributed by atoms with E-state index in [1.807, 2.05) is 0 Å². The number of nitrogens with zero attached hydrogens (tertiary/aromatic N) is 3. The molecule has 11 heteroatoms. The van der Waals surface area contributed by atoms with Gasteiger partial charge in [0.15, 0.2) is 11.1 Å². The minimum absolute atomic E-state index is 0.00517. The summed E-state index contributed by atoms with van der Waals surface area (Å²) in [5, 5.41) is 2.21. The molecule has 0 saturated carbocycles. The maximum absolute atomic E-state index is 14.2. The molecule has 3 heterocycles. The molecule has 2 aromatic heterocycles. The van der Waals surface area contributed by atoms with E-state index in [1.54, 1.807) is 4.90 Å². The van der Waals surface area contributed by atoms with Gasteiger partial charge in [-0.3, -0.25) is 9.36 Å². The van der Waals surface area contributed by atoms with Crippen molar-refractivity contribution in [2.45, 2.75) is 6.18 Å². The average Bonchev–Trinajstić information content (AvgIpc) is 2.83. The number of nitrogens with one attached hydrogen (secondary N) is 1. The van der Waals surface area contributed by atoms with Gasteiger partial charge in [-0.2, -0.15) is 13.2 Å². The van der Waals surface area contributed by atoms with Crippen LogP contribution in [0.25, 0.3) is 16.7 Å². The second-order valence-electron chi connectivity index (χ2n) is 8.17. The third kappa shape index (κ3) is 4.61. The van der Waals surface area contributed by atoms with Crippen LogP contribution in [0.3, 0.4) is 0 Å². The van der Waals surface area contributed by atoms with Gasteiger partial charge in [0.05, 0.1) is 29.9 Å². The Bertz CT molecular complexity index is 1500. The van der Waals surface area contributed by atoms with Crippen molar-refractivity contribution in [1.82, 2.24) is 9.55 Å². The lowest BCUT2D eigenvalue weighted by Crippen LogP contribution is -2.37. The molecule has 0 radical (unpaired) electrons. The zero-order valence-corrected chi connectivity index (χ0v) is 18.6. The Morgan fingerprint density at radius 2 is 1.61 bits per heavy atom. The maximum Gasteiger partial charge on any atom is 0.417 e. The lowest BCUT2D eigenvalue weighted by Gasteiger charge is -2.29. The number of pyridine rings is 2. The minimum atomic E-state index is -4.86. The molecule has 1 N–H and O–H groups in total. The Morgan fingerprint density at radius 3 is 2.28 bits per heavy atom. The highest BCUT2D eigenvalue weighted by Crippen LogP contribution is 2.37. The van der Waals surface area contributed by atoms with E-state index in [0.717, 1.165) is 24.3 Å². The van der Waals surface area contributed by atoms with Crippen LogP contribution in [0.4, 0.5) is 39.3 Å². The summed E-state index contributed by atoms with van der Waals surface area (Å²) in [7, 11) is 0. The molecule has 36 heavy (non-hydrogen) atoms. The van der Waals surface area contributed by atoms with Crippen molar-refractivity contribution in [3.8, 4) is 5.69 Å². The third-order valence-electron chi connectivity index (χ3n) is 5.76. The summed E-state index contributed by atoms with van der Waals surface area (Å²) < 4.78 is 77.1. The van der Waals surface area contributed by atoms with E-state index in [2.05, 4.69) is 10.3 Å².